The lowest BCUT2D eigenvalue weighted by molar-refractivity contribution is 0.386. The summed E-state index contributed by atoms with van der Waals surface area (Å²) in [5.74, 6) is 0.212. The second kappa shape index (κ2) is 5.45. The second-order valence-corrected chi connectivity index (χ2v) is 4.39. The Labute approximate surface area is 124 Å². The van der Waals surface area contributed by atoms with Crippen LogP contribution in [0, 0.1) is 5.82 Å². The summed E-state index contributed by atoms with van der Waals surface area (Å²) in [5, 5.41) is 0.0138. The third-order valence-corrected chi connectivity index (χ3v) is 2.91. The lowest BCUT2D eigenvalue weighted by atomic mass is 10.2. The molecule has 106 valence electrons. The van der Waals surface area contributed by atoms with Crippen LogP contribution in [0.2, 0.25) is 5.28 Å². The number of hydrogen-bond acceptors (Lipinski definition) is 5. The number of methoxy groups -OCH3 is 1. The van der Waals surface area contributed by atoms with Gasteiger partial charge < -0.3 is 4.74 Å². The first kappa shape index (κ1) is 13.4. The number of ether oxygens (including phenoxy) is 1. The lowest BCUT2D eigenvalue weighted by Crippen LogP contribution is -2.03. The van der Waals surface area contributed by atoms with E-state index in [1.807, 2.05) is 0 Å². The average Bonchev–Trinajstić information content (AvgIpc) is 3.01. The Morgan fingerprint density at radius 1 is 1.24 bits per heavy atom. The van der Waals surface area contributed by atoms with E-state index in [0.717, 1.165) is 0 Å². The Hall–Kier alpha value is -2.54. The summed E-state index contributed by atoms with van der Waals surface area (Å²) >= 11 is 5.90. The second-order valence-electron chi connectivity index (χ2n) is 4.05. The van der Waals surface area contributed by atoms with Gasteiger partial charge in [0.2, 0.25) is 11.2 Å². The molecule has 0 unspecified atom stereocenters. The minimum atomic E-state index is -0.504. The van der Waals surface area contributed by atoms with Crippen molar-refractivity contribution in [1.82, 2.24) is 24.5 Å². The number of rotatable bonds is 3. The van der Waals surface area contributed by atoms with Crippen molar-refractivity contribution < 1.29 is 9.13 Å². The number of hydrogen-bond donors (Lipinski definition) is 0. The molecule has 0 aliphatic heterocycles. The van der Waals surface area contributed by atoms with Crippen molar-refractivity contribution >= 4 is 11.6 Å². The summed E-state index contributed by atoms with van der Waals surface area (Å²) in [6.07, 6.45) is 4.79. The minimum absolute atomic E-state index is 0.0138. The summed E-state index contributed by atoms with van der Waals surface area (Å²) in [7, 11) is 1.40. The monoisotopic (exact) mass is 305 g/mol. The molecule has 0 fully saturated rings. The van der Waals surface area contributed by atoms with Gasteiger partial charge in [-0.25, -0.2) is 9.37 Å². The zero-order valence-electron chi connectivity index (χ0n) is 10.9. The summed E-state index contributed by atoms with van der Waals surface area (Å²) in [6, 6.07) is 4.42. The van der Waals surface area contributed by atoms with E-state index in [1.165, 1.54) is 25.6 Å². The van der Waals surface area contributed by atoms with Crippen LogP contribution >= 0.6 is 11.6 Å². The van der Waals surface area contributed by atoms with Gasteiger partial charge in [-0.15, -0.1) is 0 Å². The summed E-state index contributed by atoms with van der Waals surface area (Å²) in [6.45, 7) is 0. The van der Waals surface area contributed by atoms with Crippen LogP contribution in [0.3, 0.4) is 0 Å². The first-order valence-corrected chi connectivity index (χ1v) is 6.29. The van der Waals surface area contributed by atoms with Crippen LogP contribution in [0.1, 0.15) is 0 Å². The molecule has 1 aromatic carbocycles. The van der Waals surface area contributed by atoms with Gasteiger partial charge in [-0.3, -0.25) is 4.57 Å². The standard InChI is InChI=1S/C13H9ClFN5O/c1-21-10-3-2-8(6-9(10)15)11-17-12(14)19-13(18-11)20-5-4-16-7-20/h2-7H,1H3. The maximum Gasteiger partial charge on any atom is 0.239 e. The molecule has 3 aromatic rings. The SMILES string of the molecule is COc1ccc(-c2nc(Cl)nc(-n3ccnc3)n2)cc1F. The first-order chi connectivity index (χ1) is 10.2. The molecular weight excluding hydrogens is 297 g/mol. The highest BCUT2D eigenvalue weighted by Crippen LogP contribution is 2.24. The van der Waals surface area contributed by atoms with Gasteiger partial charge in [0.15, 0.2) is 17.4 Å². The Balaban J connectivity index is 2.08. The molecule has 2 heterocycles. The third kappa shape index (κ3) is 2.68. The van der Waals surface area contributed by atoms with Crippen molar-refractivity contribution in [3.05, 3.63) is 48.0 Å². The predicted molar refractivity (Wildman–Crippen MR) is 73.9 cm³/mol. The molecule has 0 aliphatic rings. The smallest absolute Gasteiger partial charge is 0.239 e. The van der Waals surface area contributed by atoms with E-state index in [9.17, 15) is 4.39 Å². The number of halogens is 2. The zero-order chi connectivity index (χ0) is 14.8. The van der Waals surface area contributed by atoms with E-state index in [2.05, 4.69) is 19.9 Å². The molecule has 21 heavy (non-hydrogen) atoms. The summed E-state index contributed by atoms with van der Waals surface area (Å²) in [5.41, 5.74) is 0.471. The van der Waals surface area contributed by atoms with E-state index in [1.54, 1.807) is 23.0 Å². The van der Waals surface area contributed by atoms with Crippen molar-refractivity contribution in [2.45, 2.75) is 0 Å². The highest BCUT2D eigenvalue weighted by atomic mass is 35.5. The molecule has 0 aliphatic carbocycles. The topological polar surface area (TPSA) is 65.7 Å². The third-order valence-electron chi connectivity index (χ3n) is 2.74. The Morgan fingerprint density at radius 3 is 2.76 bits per heavy atom. The highest BCUT2D eigenvalue weighted by Gasteiger charge is 2.11. The molecule has 0 amide bonds. The molecule has 0 radical (unpaired) electrons. The number of benzene rings is 1. The Kier molecular flexibility index (Phi) is 3.49. The van der Waals surface area contributed by atoms with Crippen molar-refractivity contribution in [3.63, 3.8) is 0 Å². The fourth-order valence-electron chi connectivity index (χ4n) is 1.77. The molecule has 0 atom stereocenters. The molecular formula is C13H9ClFN5O. The van der Waals surface area contributed by atoms with Gasteiger partial charge in [0, 0.05) is 18.0 Å². The van der Waals surface area contributed by atoms with Crippen molar-refractivity contribution in [3.8, 4) is 23.1 Å². The molecule has 0 saturated heterocycles. The van der Waals surface area contributed by atoms with E-state index in [4.69, 9.17) is 16.3 Å². The molecule has 6 nitrogen and oxygen atoms in total. The Morgan fingerprint density at radius 2 is 2.10 bits per heavy atom. The normalized spacial score (nSPS) is 10.6. The summed E-state index contributed by atoms with van der Waals surface area (Å²) in [4.78, 5) is 16.2. The Bertz CT molecular complexity index is 778. The molecule has 3 rings (SSSR count). The van der Waals surface area contributed by atoms with E-state index in [0.29, 0.717) is 11.5 Å². The van der Waals surface area contributed by atoms with Gasteiger partial charge in [-0.1, -0.05) is 0 Å². The van der Waals surface area contributed by atoms with Crippen LogP contribution in [0.4, 0.5) is 4.39 Å². The first-order valence-electron chi connectivity index (χ1n) is 5.91. The van der Waals surface area contributed by atoms with Crippen LogP contribution in [0.15, 0.2) is 36.9 Å². The van der Waals surface area contributed by atoms with E-state index in [-0.39, 0.29) is 16.9 Å². The van der Waals surface area contributed by atoms with Crippen molar-refractivity contribution in [2.75, 3.05) is 7.11 Å². The van der Waals surface area contributed by atoms with Gasteiger partial charge in [-0.2, -0.15) is 15.0 Å². The molecule has 2 aromatic heterocycles. The maximum absolute atomic E-state index is 13.8. The fraction of sp³-hybridized carbons (Fsp3) is 0.0769. The quantitative estimate of drug-likeness (QED) is 0.744. The van der Waals surface area contributed by atoms with Crippen molar-refractivity contribution in [1.29, 1.82) is 0 Å². The van der Waals surface area contributed by atoms with Crippen LogP contribution in [0.5, 0.6) is 5.75 Å². The molecule has 0 spiro atoms. The van der Waals surface area contributed by atoms with Gasteiger partial charge >= 0.3 is 0 Å². The molecule has 0 bridgehead atoms. The lowest BCUT2D eigenvalue weighted by Gasteiger charge is -2.06. The number of aromatic nitrogens is 5. The highest BCUT2D eigenvalue weighted by molar-refractivity contribution is 6.28. The minimum Gasteiger partial charge on any atom is -0.494 e. The number of nitrogens with zero attached hydrogens (tertiary/aromatic N) is 5. The zero-order valence-corrected chi connectivity index (χ0v) is 11.6. The van der Waals surface area contributed by atoms with Crippen LogP contribution in [-0.4, -0.2) is 31.6 Å². The molecule has 8 heteroatoms. The molecule has 0 saturated carbocycles. The predicted octanol–water partition coefficient (Wildman–Crippen LogP) is 2.53. The number of imidazole rings is 1. The fourth-order valence-corrected chi connectivity index (χ4v) is 1.92. The van der Waals surface area contributed by atoms with Crippen LogP contribution in [0.25, 0.3) is 17.3 Å². The van der Waals surface area contributed by atoms with E-state index >= 15 is 0 Å². The van der Waals surface area contributed by atoms with Crippen LogP contribution in [-0.2, 0) is 0 Å². The summed E-state index contributed by atoms with van der Waals surface area (Å²) < 4.78 is 20.2. The van der Waals surface area contributed by atoms with Crippen LogP contribution < -0.4 is 4.74 Å². The maximum atomic E-state index is 13.8. The molecule has 0 N–H and O–H groups in total. The van der Waals surface area contributed by atoms with E-state index < -0.39 is 5.82 Å². The van der Waals surface area contributed by atoms with Gasteiger partial charge in [0.1, 0.15) is 6.33 Å². The van der Waals surface area contributed by atoms with Gasteiger partial charge in [0.05, 0.1) is 7.11 Å². The average molecular weight is 306 g/mol. The van der Waals surface area contributed by atoms with Gasteiger partial charge in [-0.05, 0) is 29.8 Å². The van der Waals surface area contributed by atoms with Crippen molar-refractivity contribution in [2.24, 2.45) is 0 Å². The largest absolute Gasteiger partial charge is 0.494 e. The van der Waals surface area contributed by atoms with Gasteiger partial charge in [0.25, 0.3) is 0 Å².